The molecular weight excluding hydrogens is 192 g/mol. The highest BCUT2D eigenvalue weighted by molar-refractivity contribution is 5.38. The van der Waals surface area contributed by atoms with Crippen LogP contribution in [0.25, 0.3) is 0 Å². The molecule has 5 nitrogen and oxygen atoms in total. The largest absolute Gasteiger partial charge is 0.481 e. The van der Waals surface area contributed by atoms with E-state index < -0.39 is 0 Å². The minimum atomic E-state index is 0.481. The van der Waals surface area contributed by atoms with Crippen molar-refractivity contribution in [2.45, 2.75) is 12.5 Å². The van der Waals surface area contributed by atoms with Crippen LogP contribution in [0.2, 0.25) is 0 Å². The van der Waals surface area contributed by atoms with Crippen molar-refractivity contribution >= 4 is 5.82 Å². The number of hydrogen-bond donors (Lipinski definition) is 1. The normalized spacial score (nSPS) is 21.6. The van der Waals surface area contributed by atoms with Crippen LogP contribution >= 0.6 is 0 Å². The topological polar surface area (TPSA) is 50.3 Å². The van der Waals surface area contributed by atoms with E-state index in [0.717, 1.165) is 25.3 Å². The van der Waals surface area contributed by atoms with E-state index in [1.54, 1.807) is 7.11 Å². The Hall–Kier alpha value is -1.36. The van der Waals surface area contributed by atoms with Gasteiger partial charge in [0.2, 0.25) is 5.88 Å². The van der Waals surface area contributed by atoms with E-state index in [4.69, 9.17) is 4.74 Å². The first-order valence-electron chi connectivity index (χ1n) is 5.09. The molecule has 0 bridgehead atoms. The molecule has 0 amide bonds. The molecule has 2 rings (SSSR count). The van der Waals surface area contributed by atoms with Crippen LogP contribution in [0.1, 0.15) is 6.42 Å². The first-order valence-corrected chi connectivity index (χ1v) is 5.09. The van der Waals surface area contributed by atoms with Gasteiger partial charge in [-0.1, -0.05) is 0 Å². The summed E-state index contributed by atoms with van der Waals surface area (Å²) in [5.74, 6) is 1.43. The fourth-order valence-electron chi connectivity index (χ4n) is 1.79. The zero-order valence-electron chi connectivity index (χ0n) is 9.10. The van der Waals surface area contributed by atoms with Gasteiger partial charge in [0.25, 0.3) is 0 Å². The Kier molecular flexibility index (Phi) is 3.01. The molecule has 5 heteroatoms. The first kappa shape index (κ1) is 10.2. The van der Waals surface area contributed by atoms with Crippen molar-refractivity contribution in [1.29, 1.82) is 0 Å². The van der Waals surface area contributed by atoms with Gasteiger partial charge in [0.1, 0.15) is 12.1 Å². The summed E-state index contributed by atoms with van der Waals surface area (Å²) >= 11 is 0. The number of likely N-dealkylation sites (N-methyl/N-ethyl adjacent to an activating group) is 1. The smallest absolute Gasteiger partial charge is 0.218 e. The van der Waals surface area contributed by atoms with Crippen LogP contribution in [-0.4, -0.2) is 48.2 Å². The Bertz CT molecular complexity index is 331. The van der Waals surface area contributed by atoms with Crippen molar-refractivity contribution in [3.05, 3.63) is 12.4 Å². The van der Waals surface area contributed by atoms with Gasteiger partial charge >= 0.3 is 0 Å². The van der Waals surface area contributed by atoms with E-state index in [0.29, 0.717) is 11.9 Å². The van der Waals surface area contributed by atoms with E-state index in [1.807, 2.05) is 6.07 Å². The summed E-state index contributed by atoms with van der Waals surface area (Å²) in [7, 11) is 3.73. The van der Waals surface area contributed by atoms with Crippen molar-refractivity contribution in [3.63, 3.8) is 0 Å². The summed E-state index contributed by atoms with van der Waals surface area (Å²) in [6, 6.07) is 2.30. The van der Waals surface area contributed by atoms with Crippen LogP contribution in [0.5, 0.6) is 5.88 Å². The number of rotatable bonds is 3. The fourth-order valence-corrected chi connectivity index (χ4v) is 1.79. The van der Waals surface area contributed by atoms with Crippen LogP contribution in [-0.2, 0) is 0 Å². The minimum absolute atomic E-state index is 0.481. The van der Waals surface area contributed by atoms with Gasteiger partial charge in [-0.2, -0.15) is 0 Å². The highest BCUT2D eigenvalue weighted by Crippen LogP contribution is 2.15. The number of methoxy groups -OCH3 is 1. The average molecular weight is 208 g/mol. The number of nitrogens with zero attached hydrogens (tertiary/aromatic N) is 3. The second kappa shape index (κ2) is 4.44. The molecular formula is C10H16N4O. The van der Waals surface area contributed by atoms with E-state index >= 15 is 0 Å². The van der Waals surface area contributed by atoms with Crippen LogP contribution in [0.15, 0.2) is 12.4 Å². The maximum absolute atomic E-state index is 5.04. The molecule has 0 aromatic carbocycles. The third-order valence-corrected chi connectivity index (χ3v) is 2.59. The summed E-state index contributed by atoms with van der Waals surface area (Å²) < 4.78 is 5.04. The number of ether oxygens (including phenoxy) is 1. The lowest BCUT2D eigenvalue weighted by atomic mass is 10.2. The lowest BCUT2D eigenvalue weighted by Crippen LogP contribution is -2.23. The SMILES string of the molecule is COc1cc(NC2CCN(C)C2)ncn1. The van der Waals surface area contributed by atoms with Crippen LogP contribution in [0.3, 0.4) is 0 Å². The summed E-state index contributed by atoms with van der Waals surface area (Å²) in [5, 5.41) is 3.37. The summed E-state index contributed by atoms with van der Waals surface area (Å²) in [5.41, 5.74) is 0. The second-order valence-corrected chi connectivity index (χ2v) is 3.84. The Labute approximate surface area is 89.5 Å². The molecule has 0 spiro atoms. The lowest BCUT2D eigenvalue weighted by molar-refractivity contribution is 0.397. The van der Waals surface area contributed by atoms with Crippen LogP contribution in [0, 0.1) is 0 Å². The standard InChI is InChI=1S/C10H16N4O/c1-14-4-3-8(6-14)13-9-5-10(15-2)12-7-11-9/h5,7-8H,3-4,6H2,1-2H3,(H,11,12,13). The predicted octanol–water partition coefficient (Wildman–Crippen LogP) is 0.601. The second-order valence-electron chi connectivity index (χ2n) is 3.84. The van der Waals surface area contributed by atoms with Crippen molar-refractivity contribution < 1.29 is 4.74 Å². The van der Waals surface area contributed by atoms with Gasteiger partial charge in [0.15, 0.2) is 0 Å². The van der Waals surface area contributed by atoms with E-state index in [9.17, 15) is 0 Å². The zero-order valence-corrected chi connectivity index (χ0v) is 9.10. The molecule has 1 N–H and O–H groups in total. The molecule has 0 aliphatic carbocycles. The monoisotopic (exact) mass is 208 g/mol. The number of hydrogen-bond acceptors (Lipinski definition) is 5. The summed E-state index contributed by atoms with van der Waals surface area (Å²) in [6.07, 6.45) is 2.67. The molecule has 15 heavy (non-hydrogen) atoms. The van der Waals surface area contributed by atoms with Crippen LogP contribution < -0.4 is 10.1 Å². The molecule has 0 radical (unpaired) electrons. The molecule has 1 atom stereocenters. The van der Waals surface area contributed by atoms with E-state index in [2.05, 4.69) is 27.2 Å². The average Bonchev–Trinajstić information content (AvgIpc) is 2.64. The molecule has 1 aromatic heterocycles. The molecule has 1 saturated heterocycles. The quantitative estimate of drug-likeness (QED) is 0.788. The molecule has 1 aliphatic rings. The van der Waals surface area contributed by atoms with Gasteiger partial charge in [-0.3, -0.25) is 0 Å². The van der Waals surface area contributed by atoms with Crippen molar-refractivity contribution in [3.8, 4) is 5.88 Å². The maximum atomic E-state index is 5.04. The van der Waals surface area contributed by atoms with Gasteiger partial charge in [-0.05, 0) is 20.0 Å². The number of aromatic nitrogens is 2. The predicted molar refractivity (Wildman–Crippen MR) is 58.1 cm³/mol. The fraction of sp³-hybridized carbons (Fsp3) is 0.600. The number of anilines is 1. The molecule has 1 unspecified atom stereocenters. The van der Waals surface area contributed by atoms with Crippen molar-refractivity contribution in [2.75, 3.05) is 32.6 Å². The van der Waals surface area contributed by atoms with Crippen molar-refractivity contribution in [1.82, 2.24) is 14.9 Å². The van der Waals surface area contributed by atoms with Crippen LogP contribution in [0.4, 0.5) is 5.82 Å². The Morgan fingerprint density at radius 3 is 3.07 bits per heavy atom. The Morgan fingerprint density at radius 2 is 2.40 bits per heavy atom. The van der Waals surface area contributed by atoms with Gasteiger partial charge in [0.05, 0.1) is 7.11 Å². The summed E-state index contributed by atoms with van der Waals surface area (Å²) in [4.78, 5) is 10.4. The first-order chi connectivity index (χ1) is 7.28. The molecule has 1 aromatic rings. The van der Waals surface area contributed by atoms with Gasteiger partial charge in [0, 0.05) is 18.7 Å². The minimum Gasteiger partial charge on any atom is -0.481 e. The third kappa shape index (κ3) is 2.56. The maximum Gasteiger partial charge on any atom is 0.218 e. The molecule has 82 valence electrons. The Morgan fingerprint density at radius 1 is 1.53 bits per heavy atom. The van der Waals surface area contributed by atoms with Crippen molar-refractivity contribution in [2.24, 2.45) is 0 Å². The zero-order chi connectivity index (χ0) is 10.7. The van der Waals surface area contributed by atoms with Gasteiger partial charge in [-0.15, -0.1) is 0 Å². The number of likely N-dealkylation sites (tertiary alicyclic amines) is 1. The lowest BCUT2D eigenvalue weighted by Gasteiger charge is -2.13. The highest BCUT2D eigenvalue weighted by atomic mass is 16.5. The van der Waals surface area contributed by atoms with E-state index in [-0.39, 0.29) is 0 Å². The number of nitrogens with one attached hydrogen (secondary N) is 1. The van der Waals surface area contributed by atoms with Gasteiger partial charge in [-0.25, -0.2) is 9.97 Å². The summed E-state index contributed by atoms with van der Waals surface area (Å²) in [6.45, 7) is 2.20. The highest BCUT2D eigenvalue weighted by Gasteiger charge is 2.19. The Balaban J connectivity index is 1.98. The molecule has 1 fully saturated rings. The molecule has 0 saturated carbocycles. The molecule has 1 aliphatic heterocycles. The molecule has 2 heterocycles. The van der Waals surface area contributed by atoms with Gasteiger partial charge < -0.3 is 15.0 Å². The van der Waals surface area contributed by atoms with E-state index in [1.165, 1.54) is 6.33 Å². The third-order valence-electron chi connectivity index (χ3n) is 2.59.